The van der Waals surface area contributed by atoms with Crippen LogP contribution in [0, 0.1) is 5.92 Å². The highest BCUT2D eigenvalue weighted by molar-refractivity contribution is 6.03. The molecule has 1 aliphatic heterocycles. The quantitative estimate of drug-likeness (QED) is 0.874. The molecule has 1 fully saturated rings. The van der Waals surface area contributed by atoms with Gasteiger partial charge < -0.3 is 20.5 Å². The summed E-state index contributed by atoms with van der Waals surface area (Å²) in [6, 6.07) is 4.33. The Morgan fingerprint density at radius 1 is 1.50 bits per heavy atom. The Bertz CT molecular complexity index is 581. The first kappa shape index (κ1) is 12.8. The molecule has 1 aromatic rings. The van der Waals surface area contributed by atoms with Crippen LogP contribution in [0.2, 0.25) is 0 Å². The van der Waals surface area contributed by atoms with E-state index in [4.69, 9.17) is 10.5 Å². The monoisotopic (exact) mass is 275 g/mol. The zero-order chi connectivity index (χ0) is 14.3. The molecule has 0 bridgehead atoms. The van der Waals surface area contributed by atoms with Crippen LogP contribution in [0.15, 0.2) is 23.2 Å². The smallest absolute Gasteiger partial charge is 0.346 e. The first-order chi connectivity index (χ1) is 9.60. The molecule has 0 radical (unpaired) electrons. The maximum Gasteiger partial charge on any atom is 0.346 e. The zero-order valence-electron chi connectivity index (χ0n) is 11.2. The number of ether oxygens (including phenoxy) is 1. The minimum absolute atomic E-state index is 0.0600. The highest BCUT2D eigenvalue weighted by atomic mass is 16.5. The third-order valence-electron chi connectivity index (χ3n) is 3.73. The SMILES string of the molecule is COc1cc(C2C(N)=NC(=O)N2CC2CC2)ccc1O. The van der Waals surface area contributed by atoms with Crippen LogP contribution in [-0.2, 0) is 0 Å². The summed E-state index contributed by atoms with van der Waals surface area (Å²) in [7, 11) is 1.48. The summed E-state index contributed by atoms with van der Waals surface area (Å²) in [5.41, 5.74) is 6.70. The molecule has 1 unspecified atom stereocenters. The average molecular weight is 275 g/mol. The number of methoxy groups -OCH3 is 1. The molecular formula is C14H17N3O3. The minimum Gasteiger partial charge on any atom is -0.504 e. The number of rotatable bonds is 4. The van der Waals surface area contributed by atoms with Crippen LogP contribution in [0.25, 0.3) is 0 Å². The lowest BCUT2D eigenvalue weighted by molar-refractivity contribution is 0.203. The molecule has 0 saturated heterocycles. The summed E-state index contributed by atoms with van der Waals surface area (Å²) in [6.07, 6.45) is 2.30. The maximum absolute atomic E-state index is 11.9. The first-order valence-electron chi connectivity index (χ1n) is 6.61. The van der Waals surface area contributed by atoms with Crippen molar-refractivity contribution in [3.63, 3.8) is 0 Å². The predicted octanol–water partition coefficient (Wildman–Crippen LogP) is 1.64. The summed E-state index contributed by atoms with van der Waals surface area (Å²) in [5.74, 6) is 1.27. The van der Waals surface area contributed by atoms with Crippen LogP contribution in [0.1, 0.15) is 24.4 Å². The largest absolute Gasteiger partial charge is 0.504 e. The number of aliphatic imine (C=N–C) groups is 1. The van der Waals surface area contributed by atoms with Gasteiger partial charge in [-0.1, -0.05) is 6.07 Å². The fourth-order valence-corrected chi connectivity index (χ4v) is 2.48. The Kier molecular flexibility index (Phi) is 3.00. The summed E-state index contributed by atoms with van der Waals surface area (Å²) in [4.78, 5) is 17.5. The lowest BCUT2D eigenvalue weighted by atomic mass is 10.0. The first-order valence-corrected chi connectivity index (χ1v) is 6.61. The molecular weight excluding hydrogens is 258 g/mol. The van der Waals surface area contributed by atoms with E-state index in [1.807, 2.05) is 0 Å². The molecule has 20 heavy (non-hydrogen) atoms. The number of carbonyl (C=O) groups excluding carboxylic acids is 1. The van der Waals surface area contributed by atoms with E-state index < -0.39 is 0 Å². The molecule has 6 heteroatoms. The summed E-state index contributed by atoms with van der Waals surface area (Å²) in [6.45, 7) is 0.677. The Morgan fingerprint density at radius 3 is 2.90 bits per heavy atom. The molecule has 2 amide bonds. The third-order valence-corrected chi connectivity index (χ3v) is 3.73. The van der Waals surface area contributed by atoms with E-state index in [2.05, 4.69) is 4.99 Å². The number of benzene rings is 1. The minimum atomic E-state index is -0.363. The molecule has 0 aromatic heterocycles. The van der Waals surface area contributed by atoms with Gasteiger partial charge in [0.1, 0.15) is 11.9 Å². The van der Waals surface area contributed by atoms with Crippen molar-refractivity contribution in [2.75, 3.05) is 13.7 Å². The Labute approximate surface area is 116 Å². The van der Waals surface area contributed by atoms with Gasteiger partial charge in [-0.25, -0.2) is 4.79 Å². The fraction of sp³-hybridized carbons (Fsp3) is 0.429. The Morgan fingerprint density at radius 2 is 2.25 bits per heavy atom. The van der Waals surface area contributed by atoms with Gasteiger partial charge >= 0.3 is 6.03 Å². The van der Waals surface area contributed by atoms with Gasteiger partial charge in [-0.2, -0.15) is 4.99 Å². The number of nitrogens with two attached hydrogens (primary N) is 1. The number of hydrogen-bond acceptors (Lipinski definition) is 4. The van der Waals surface area contributed by atoms with E-state index in [0.717, 1.165) is 18.4 Å². The number of amidine groups is 1. The average Bonchev–Trinajstić information content (AvgIpc) is 3.18. The molecule has 1 heterocycles. The number of urea groups is 1. The van der Waals surface area contributed by atoms with Crippen molar-refractivity contribution in [1.82, 2.24) is 4.90 Å². The number of phenolic OH excluding ortho intramolecular Hbond substituents is 1. The maximum atomic E-state index is 11.9. The summed E-state index contributed by atoms with van der Waals surface area (Å²) in [5, 5.41) is 9.65. The van der Waals surface area contributed by atoms with E-state index in [1.165, 1.54) is 7.11 Å². The number of phenols is 1. The number of nitrogens with zero attached hydrogens (tertiary/aromatic N) is 2. The van der Waals surface area contributed by atoms with Crippen LogP contribution in [-0.4, -0.2) is 35.5 Å². The molecule has 1 aromatic carbocycles. The molecule has 0 spiro atoms. The van der Waals surface area contributed by atoms with Crippen LogP contribution in [0.5, 0.6) is 11.5 Å². The van der Waals surface area contributed by atoms with Gasteiger partial charge in [0.05, 0.1) is 7.11 Å². The molecule has 3 N–H and O–H groups in total. The van der Waals surface area contributed by atoms with Crippen LogP contribution in [0.4, 0.5) is 4.79 Å². The van der Waals surface area contributed by atoms with Gasteiger partial charge in [0.15, 0.2) is 11.5 Å². The summed E-state index contributed by atoms with van der Waals surface area (Å²) < 4.78 is 5.10. The molecule has 1 atom stereocenters. The molecule has 1 aliphatic carbocycles. The third kappa shape index (κ3) is 2.17. The number of amides is 2. The number of hydrogen-bond donors (Lipinski definition) is 2. The molecule has 106 valence electrons. The van der Waals surface area contributed by atoms with E-state index in [1.54, 1.807) is 23.1 Å². The lowest BCUT2D eigenvalue weighted by Gasteiger charge is -2.24. The molecule has 1 saturated carbocycles. The lowest BCUT2D eigenvalue weighted by Crippen LogP contribution is -2.34. The summed E-state index contributed by atoms with van der Waals surface area (Å²) >= 11 is 0. The van der Waals surface area contributed by atoms with Gasteiger partial charge in [-0.3, -0.25) is 0 Å². The van der Waals surface area contributed by atoms with E-state index in [-0.39, 0.29) is 17.8 Å². The van der Waals surface area contributed by atoms with E-state index in [0.29, 0.717) is 24.0 Å². The zero-order valence-corrected chi connectivity index (χ0v) is 11.2. The van der Waals surface area contributed by atoms with Gasteiger partial charge in [-0.15, -0.1) is 0 Å². The fourth-order valence-electron chi connectivity index (χ4n) is 2.48. The van der Waals surface area contributed by atoms with E-state index >= 15 is 0 Å². The van der Waals surface area contributed by atoms with Crippen molar-refractivity contribution >= 4 is 11.9 Å². The van der Waals surface area contributed by atoms with Crippen molar-refractivity contribution in [3.05, 3.63) is 23.8 Å². The second-order valence-electron chi connectivity index (χ2n) is 5.25. The molecule has 2 aliphatic rings. The second kappa shape index (κ2) is 4.70. The second-order valence-corrected chi connectivity index (χ2v) is 5.25. The Balaban J connectivity index is 1.93. The van der Waals surface area contributed by atoms with Crippen molar-refractivity contribution in [2.24, 2.45) is 16.6 Å². The standard InChI is InChI=1S/C14H17N3O3/c1-20-11-6-9(4-5-10(11)18)12-13(15)16-14(19)17(12)7-8-2-3-8/h4-6,8,12,18H,2-3,7H2,1H3,(H2,15,16,19). The van der Waals surface area contributed by atoms with Gasteiger partial charge in [-0.05, 0) is 36.5 Å². The van der Waals surface area contributed by atoms with Crippen LogP contribution < -0.4 is 10.5 Å². The highest BCUT2D eigenvalue weighted by Crippen LogP contribution is 2.37. The van der Waals surface area contributed by atoms with Gasteiger partial charge in [0.2, 0.25) is 0 Å². The molecule has 3 rings (SSSR count). The number of carbonyl (C=O) groups is 1. The van der Waals surface area contributed by atoms with Gasteiger partial charge in [0.25, 0.3) is 0 Å². The molecule has 6 nitrogen and oxygen atoms in total. The van der Waals surface area contributed by atoms with Gasteiger partial charge in [0, 0.05) is 6.54 Å². The van der Waals surface area contributed by atoms with Crippen LogP contribution in [0.3, 0.4) is 0 Å². The normalized spacial score (nSPS) is 22.1. The highest BCUT2D eigenvalue weighted by Gasteiger charge is 2.38. The Hall–Kier alpha value is -2.24. The number of aromatic hydroxyl groups is 1. The van der Waals surface area contributed by atoms with Crippen LogP contribution >= 0.6 is 0 Å². The van der Waals surface area contributed by atoms with Crippen molar-refractivity contribution in [2.45, 2.75) is 18.9 Å². The van der Waals surface area contributed by atoms with Crippen molar-refractivity contribution in [3.8, 4) is 11.5 Å². The predicted molar refractivity (Wildman–Crippen MR) is 73.8 cm³/mol. The van der Waals surface area contributed by atoms with E-state index in [9.17, 15) is 9.90 Å². The topological polar surface area (TPSA) is 88.2 Å². The van der Waals surface area contributed by atoms with Crippen molar-refractivity contribution in [1.29, 1.82) is 0 Å². The van der Waals surface area contributed by atoms with Crippen molar-refractivity contribution < 1.29 is 14.6 Å².